The third-order valence-corrected chi connectivity index (χ3v) is 1.96. The number of nitriles is 1. The highest BCUT2D eigenvalue weighted by Gasteiger charge is 2.39. The molecular formula is C9H5F5N2O. The van der Waals surface area contributed by atoms with Crippen LogP contribution in [0.4, 0.5) is 22.0 Å². The van der Waals surface area contributed by atoms with Crippen molar-refractivity contribution in [3.05, 3.63) is 28.6 Å². The fourth-order valence-electron chi connectivity index (χ4n) is 1.26. The number of rotatable bonds is 2. The number of aliphatic hydroxyl groups is 1. The third-order valence-electron chi connectivity index (χ3n) is 1.96. The molecule has 0 saturated carbocycles. The normalized spacial score (nSPS) is 11.6. The highest BCUT2D eigenvalue weighted by Crippen LogP contribution is 2.37. The smallest absolute Gasteiger partial charge is 0.392 e. The van der Waals surface area contributed by atoms with E-state index in [-0.39, 0.29) is 5.56 Å². The van der Waals surface area contributed by atoms with E-state index < -0.39 is 36.0 Å². The maximum Gasteiger partial charge on any atom is 0.433 e. The molecule has 1 N–H and O–H groups in total. The van der Waals surface area contributed by atoms with Crippen LogP contribution < -0.4 is 0 Å². The predicted octanol–water partition coefficient (Wildman–Crippen LogP) is 2.40. The molecule has 0 spiro atoms. The van der Waals surface area contributed by atoms with Gasteiger partial charge >= 0.3 is 6.18 Å². The van der Waals surface area contributed by atoms with Crippen molar-refractivity contribution < 1.29 is 27.1 Å². The maximum absolute atomic E-state index is 12.5. The molecule has 1 heterocycles. The Morgan fingerprint density at radius 1 is 1.41 bits per heavy atom. The minimum atomic E-state index is -5.08. The predicted molar refractivity (Wildman–Crippen MR) is 44.8 cm³/mol. The first-order chi connectivity index (χ1) is 7.82. The van der Waals surface area contributed by atoms with Gasteiger partial charge in [0, 0.05) is 11.8 Å². The Morgan fingerprint density at radius 3 is 2.35 bits per heavy atom. The van der Waals surface area contributed by atoms with Crippen LogP contribution in [0, 0.1) is 11.3 Å². The molecule has 0 aliphatic carbocycles. The standard InChI is InChI=1S/C9H5F5N2O/c10-8(11)6-5(1-15)4(3-17)2-16-7(6)9(12,13)14/h2,8,17H,3H2. The van der Waals surface area contributed by atoms with Gasteiger partial charge in [-0.3, -0.25) is 4.98 Å². The van der Waals surface area contributed by atoms with Gasteiger partial charge in [-0.1, -0.05) is 0 Å². The number of aromatic nitrogens is 1. The van der Waals surface area contributed by atoms with Gasteiger partial charge in [0.05, 0.1) is 17.7 Å². The van der Waals surface area contributed by atoms with Crippen LogP contribution in [-0.4, -0.2) is 10.1 Å². The second-order valence-electron chi connectivity index (χ2n) is 2.99. The lowest BCUT2D eigenvalue weighted by Gasteiger charge is -2.14. The third kappa shape index (κ3) is 2.50. The van der Waals surface area contributed by atoms with Gasteiger partial charge in [-0.25, -0.2) is 8.78 Å². The van der Waals surface area contributed by atoms with Gasteiger partial charge in [0.15, 0.2) is 5.69 Å². The highest BCUT2D eigenvalue weighted by atomic mass is 19.4. The molecule has 0 fully saturated rings. The topological polar surface area (TPSA) is 56.9 Å². The Balaban J connectivity index is 3.61. The van der Waals surface area contributed by atoms with E-state index in [1.807, 2.05) is 0 Å². The largest absolute Gasteiger partial charge is 0.433 e. The average molecular weight is 252 g/mol. The van der Waals surface area contributed by atoms with Crippen LogP contribution in [0.25, 0.3) is 0 Å². The molecule has 0 aliphatic rings. The van der Waals surface area contributed by atoms with Crippen LogP contribution in [-0.2, 0) is 12.8 Å². The van der Waals surface area contributed by atoms with Crippen LogP contribution in [0.3, 0.4) is 0 Å². The molecule has 1 rings (SSSR count). The second-order valence-corrected chi connectivity index (χ2v) is 2.99. The summed E-state index contributed by atoms with van der Waals surface area (Å²) in [5.74, 6) is 0. The SMILES string of the molecule is N#Cc1c(CO)cnc(C(F)(F)F)c1C(F)F. The summed E-state index contributed by atoms with van der Waals surface area (Å²) in [6.07, 6.45) is -8.02. The van der Waals surface area contributed by atoms with Crippen molar-refractivity contribution in [2.24, 2.45) is 0 Å². The van der Waals surface area contributed by atoms with E-state index >= 15 is 0 Å². The fraction of sp³-hybridized carbons (Fsp3) is 0.333. The molecule has 0 radical (unpaired) electrons. The van der Waals surface area contributed by atoms with E-state index in [2.05, 4.69) is 4.98 Å². The van der Waals surface area contributed by atoms with Gasteiger partial charge < -0.3 is 5.11 Å². The molecule has 0 amide bonds. The first-order valence-electron chi connectivity index (χ1n) is 4.21. The van der Waals surface area contributed by atoms with Crippen molar-refractivity contribution in [3.8, 4) is 6.07 Å². The fourth-order valence-corrected chi connectivity index (χ4v) is 1.26. The summed E-state index contributed by atoms with van der Waals surface area (Å²) in [7, 11) is 0. The number of aliphatic hydroxyl groups excluding tert-OH is 1. The summed E-state index contributed by atoms with van der Waals surface area (Å²) in [6.45, 7) is -0.840. The van der Waals surface area contributed by atoms with Crippen molar-refractivity contribution >= 4 is 0 Å². The number of halogens is 5. The summed E-state index contributed by atoms with van der Waals surface area (Å²) in [6, 6.07) is 1.23. The van der Waals surface area contributed by atoms with Gasteiger partial charge in [-0.05, 0) is 0 Å². The van der Waals surface area contributed by atoms with Crippen molar-refractivity contribution in [2.45, 2.75) is 19.2 Å². The van der Waals surface area contributed by atoms with Gasteiger partial charge in [0.2, 0.25) is 0 Å². The van der Waals surface area contributed by atoms with Crippen LogP contribution in [0.1, 0.15) is 28.8 Å². The van der Waals surface area contributed by atoms with Crippen LogP contribution >= 0.6 is 0 Å². The minimum Gasteiger partial charge on any atom is -0.392 e. The Bertz CT molecular complexity index is 464. The second kappa shape index (κ2) is 4.63. The minimum absolute atomic E-state index is 0.365. The van der Waals surface area contributed by atoms with Crippen molar-refractivity contribution in [1.29, 1.82) is 5.26 Å². The van der Waals surface area contributed by atoms with E-state index in [0.29, 0.717) is 6.20 Å². The number of alkyl halides is 5. The number of nitrogens with zero attached hydrogens (tertiary/aromatic N) is 2. The zero-order valence-electron chi connectivity index (χ0n) is 8.09. The lowest BCUT2D eigenvalue weighted by molar-refractivity contribution is -0.143. The highest BCUT2D eigenvalue weighted by molar-refractivity contribution is 5.46. The van der Waals surface area contributed by atoms with E-state index in [4.69, 9.17) is 10.4 Å². The van der Waals surface area contributed by atoms with Gasteiger partial charge in [-0.2, -0.15) is 18.4 Å². The maximum atomic E-state index is 12.5. The molecule has 0 unspecified atom stereocenters. The van der Waals surface area contributed by atoms with Crippen LogP contribution in [0.5, 0.6) is 0 Å². The molecule has 8 heteroatoms. The molecule has 0 bridgehead atoms. The monoisotopic (exact) mass is 252 g/mol. The Kier molecular flexibility index (Phi) is 3.63. The Labute approximate surface area is 92.1 Å². The molecule has 3 nitrogen and oxygen atoms in total. The lowest BCUT2D eigenvalue weighted by Crippen LogP contribution is -2.15. The Morgan fingerprint density at radius 2 is 2.00 bits per heavy atom. The van der Waals surface area contributed by atoms with Gasteiger partial charge in [0.1, 0.15) is 6.07 Å². The first kappa shape index (κ1) is 13.3. The van der Waals surface area contributed by atoms with Crippen LogP contribution in [0.2, 0.25) is 0 Å². The average Bonchev–Trinajstić information content (AvgIpc) is 2.25. The Hall–Kier alpha value is -1.75. The summed E-state index contributed by atoms with van der Waals surface area (Å²) in [4.78, 5) is 2.83. The molecule has 0 saturated heterocycles. The molecule has 0 atom stereocenters. The van der Waals surface area contributed by atoms with Gasteiger partial charge in [0.25, 0.3) is 6.43 Å². The molecular weight excluding hydrogens is 247 g/mol. The van der Waals surface area contributed by atoms with Crippen LogP contribution in [0.15, 0.2) is 6.20 Å². The van der Waals surface area contributed by atoms with Crippen molar-refractivity contribution in [3.63, 3.8) is 0 Å². The van der Waals surface area contributed by atoms with Crippen molar-refractivity contribution in [2.75, 3.05) is 0 Å². The quantitative estimate of drug-likeness (QED) is 0.822. The van der Waals surface area contributed by atoms with E-state index in [9.17, 15) is 22.0 Å². The lowest BCUT2D eigenvalue weighted by atomic mass is 10.0. The number of hydrogen-bond donors (Lipinski definition) is 1. The molecule has 0 aromatic carbocycles. The zero-order valence-corrected chi connectivity index (χ0v) is 8.09. The summed E-state index contributed by atoms with van der Waals surface area (Å²) in [5.41, 5.74) is -4.55. The van der Waals surface area contributed by atoms with Crippen molar-refractivity contribution in [1.82, 2.24) is 4.98 Å². The molecule has 17 heavy (non-hydrogen) atoms. The number of pyridine rings is 1. The zero-order chi connectivity index (χ0) is 13.2. The summed E-state index contributed by atoms with van der Waals surface area (Å²) >= 11 is 0. The molecule has 0 aliphatic heterocycles. The molecule has 1 aromatic rings. The summed E-state index contributed by atoms with van der Waals surface area (Å²) < 4.78 is 62.3. The van der Waals surface area contributed by atoms with Gasteiger partial charge in [-0.15, -0.1) is 0 Å². The first-order valence-corrected chi connectivity index (χ1v) is 4.21. The van der Waals surface area contributed by atoms with E-state index in [0.717, 1.165) is 0 Å². The molecule has 1 aromatic heterocycles. The number of hydrogen-bond acceptors (Lipinski definition) is 3. The summed E-state index contributed by atoms with van der Waals surface area (Å²) in [5, 5.41) is 17.3. The van der Waals surface area contributed by atoms with E-state index in [1.165, 1.54) is 6.07 Å². The van der Waals surface area contributed by atoms with E-state index in [1.54, 1.807) is 0 Å². The molecule has 92 valence electrons.